The number of unbranched alkanes of at least 4 members (excludes halogenated alkanes) is 5. The maximum absolute atomic E-state index is 8.55. The molecule has 0 fully saturated rings. The Morgan fingerprint density at radius 1 is 0.923 bits per heavy atom. The molecule has 0 heterocycles. The summed E-state index contributed by atoms with van der Waals surface area (Å²) in [6, 6.07) is 1.01. The molecule has 13 heavy (non-hydrogen) atoms. The molecule has 80 valence electrons. The van der Waals surface area contributed by atoms with Crippen LogP contribution in [0, 0.1) is 0 Å². The minimum atomic E-state index is -1.83. The molecule has 0 radical (unpaired) electrons. The minimum Gasteiger partial charge on any atom is -0.396 e. The van der Waals surface area contributed by atoms with Crippen LogP contribution in [-0.2, 0) is 0 Å². The fraction of sp³-hybridized carbons (Fsp3) is 1.00. The molecular weight excluding hydrogens is 223 g/mol. The molecule has 1 N–H and O–H groups in total. The molecular formula is C9H20Cl2OSi. The summed E-state index contributed by atoms with van der Waals surface area (Å²) in [5.41, 5.74) is 0. The quantitative estimate of drug-likeness (QED) is 0.390. The van der Waals surface area contributed by atoms with E-state index in [0.29, 0.717) is 6.61 Å². The Balaban J connectivity index is 3.00. The van der Waals surface area contributed by atoms with E-state index in [1.54, 1.807) is 0 Å². The molecule has 0 amide bonds. The Bertz CT molecular complexity index is 115. The van der Waals surface area contributed by atoms with Crippen molar-refractivity contribution in [2.45, 2.75) is 51.1 Å². The first-order valence-corrected chi connectivity index (χ1v) is 9.78. The molecule has 0 aliphatic carbocycles. The van der Waals surface area contributed by atoms with Gasteiger partial charge < -0.3 is 5.11 Å². The van der Waals surface area contributed by atoms with Gasteiger partial charge in [-0.2, -0.15) is 0 Å². The highest BCUT2D eigenvalue weighted by molar-refractivity contribution is 7.44. The van der Waals surface area contributed by atoms with Crippen LogP contribution in [0.5, 0.6) is 0 Å². The molecule has 0 bridgehead atoms. The zero-order chi connectivity index (χ0) is 10.2. The summed E-state index contributed by atoms with van der Waals surface area (Å²) in [4.78, 5) is 0. The molecule has 0 aromatic carbocycles. The fourth-order valence-corrected chi connectivity index (χ4v) is 2.93. The second kappa shape index (κ2) is 8.10. The molecule has 0 aromatic heterocycles. The molecule has 0 aliphatic rings. The standard InChI is InChI=1S/C9H20Cl2OSi/c1-13(10,11)9-7-5-3-2-4-6-8-12/h12H,2-9H2,1H3. The molecule has 0 rings (SSSR count). The third kappa shape index (κ3) is 12.8. The van der Waals surface area contributed by atoms with Crippen LogP contribution in [0.2, 0.25) is 12.6 Å². The molecule has 0 saturated heterocycles. The Hall–Kier alpha value is 0.757. The number of rotatable bonds is 8. The van der Waals surface area contributed by atoms with Crippen LogP contribution < -0.4 is 0 Å². The summed E-state index contributed by atoms with van der Waals surface area (Å²) < 4.78 is 0. The lowest BCUT2D eigenvalue weighted by Crippen LogP contribution is -2.11. The zero-order valence-corrected chi connectivity index (χ0v) is 10.9. The lowest BCUT2D eigenvalue weighted by molar-refractivity contribution is 0.282. The second-order valence-electron chi connectivity index (χ2n) is 3.67. The van der Waals surface area contributed by atoms with Crippen LogP contribution in [0.4, 0.5) is 0 Å². The van der Waals surface area contributed by atoms with E-state index in [-0.39, 0.29) is 0 Å². The van der Waals surface area contributed by atoms with Crippen LogP contribution in [0.15, 0.2) is 0 Å². The third-order valence-electron chi connectivity index (χ3n) is 2.02. The van der Waals surface area contributed by atoms with Crippen molar-refractivity contribution in [2.24, 2.45) is 0 Å². The molecule has 0 atom stereocenters. The average Bonchev–Trinajstić information content (AvgIpc) is 2.01. The predicted octanol–water partition coefficient (Wildman–Crippen LogP) is 3.87. The Labute approximate surface area is 91.9 Å². The van der Waals surface area contributed by atoms with Gasteiger partial charge in [0.25, 0.3) is 0 Å². The third-order valence-corrected chi connectivity index (χ3v) is 4.39. The van der Waals surface area contributed by atoms with Crippen LogP contribution >= 0.6 is 22.2 Å². The largest absolute Gasteiger partial charge is 0.396 e. The molecule has 4 heteroatoms. The molecule has 0 unspecified atom stereocenters. The SMILES string of the molecule is C[Si](Cl)(Cl)CCCCCCCCO. The van der Waals surface area contributed by atoms with E-state index in [0.717, 1.165) is 25.3 Å². The smallest absolute Gasteiger partial charge is 0.248 e. The van der Waals surface area contributed by atoms with Gasteiger partial charge in [-0.1, -0.05) is 32.1 Å². The van der Waals surface area contributed by atoms with Crippen molar-refractivity contribution in [3.05, 3.63) is 0 Å². The summed E-state index contributed by atoms with van der Waals surface area (Å²) in [7, 11) is 0. The number of aliphatic hydroxyl groups is 1. The number of hydrogen-bond donors (Lipinski definition) is 1. The Morgan fingerprint density at radius 3 is 1.85 bits per heavy atom. The Kier molecular flexibility index (Phi) is 8.57. The maximum atomic E-state index is 8.55. The molecule has 0 saturated carbocycles. The van der Waals surface area contributed by atoms with Gasteiger partial charge in [0.15, 0.2) is 0 Å². The minimum absolute atomic E-state index is 0.328. The summed E-state index contributed by atoms with van der Waals surface area (Å²) in [5.74, 6) is 0. The van der Waals surface area contributed by atoms with Crippen molar-refractivity contribution in [1.29, 1.82) is 0 Å². The van der Waals surface area contributed by atoms with Gasteiger partial charge in [-0.05, 0) is 19.0 Å². The van der Waals surface area contributed by atoms with Gasteiger partial charge in [0, 0.05) is 6.61 Å². The summed E-state index contributed by atoms with van der Waals surface area (Å²) in [6.45, 7) is 0.474. The van der Waals surface area contributed by atoms with E-state index in [2.05, 4.69) is 0 Å². The van der Waals surface area contributed by atoms with E-state index in [9.17, 15) is 0 Å². The van der Waals surface area contributed by atoms with E-state index in [1.807, 2.05) is 6.55 Å². The highest BCUT2D eigenvalue weighted by Gasteiger charge is 2.19. The summed E-state index contributed by atoms with van der Waals surface area (Å²) in [5, 5.41) is 8.55. The molecule has 0 aliphatic heterocycles. The normalized spacial score (nSPS) is 12.0. The first-order valence-electron chi connectivity index (χ1n) is 5.05. The van der Waals surface area contributed by atoms with E-state index < -0.39 is 6.69 Å². The zero-order valence-electron chi connectivity index (χ0n) is 8.36. The first-order chi connectivity index (χ1) is 6.06. The molecule has 1 nitrogen and oxygen atoms in total. The number of aliphatic hydroxyl groups excluding tert-OH is 1. The van der Waals surface area contributed by atoms with Crippen molar-refractivity contribution in [1.82, 2.24) is 0 Å². The second-order valence-corrected chi connectivity index (χ2v) is 11.9. The lowest BCUT2D eigenvalue weighted by Gasteiger charge is -2.08. The van der Waals surface area contributed by atoms with E-state index in [4.69, 9.17) is 27.3 Å². The summed E-state index contributed by atoms with van der Waals surface area (Å²) >= 11 is 11.9. The van der Waals surface area contributed by atoms with Gasteiger partial charge in [-0.3, -0.25) is 0 Å². The lowest BCUT2D eigenvalue weighted by atomic mass is 10.1. The van der Waals surface area contributed by atoms with E-state index in [1.165, 1.54) is 19.3 Å². The number of hydrogen-bond acceptors (Lipinski definition) is 1. The summed E-state index contributed by atoms with van der Waals surface area (Å²) in [6.07, 6.45) is 6.95. The van der Waals surface area contributed by atoms with Crippen molar-refractivity contribution in [3.63, 3.8) is 0 Å². The van der Waals surface area contributed by atoms with Crippen LogP contribution in [0.3, 0.4) is 0 Å². The monoisotopic (exact) mass is 242 g/mol. The van der Waals surface area contributed by atoms with Crippen molar-refractivity contribution >= 4 is 28.9 Å². The van der Waals surface area contributed by atoms with Crippen LogP contribution in [0.25, 0.3) is 0 Å². The first kappa shape index (κ1) is 13.8. The number of halogens is 2. The molecule has 0 aromatic rings. The van der Waals surface area contributed by atoms with Gasteiger partial charge in [-0.25, -0.2) is 0 Å². The fourth-order valence-electron chi connectivity index (χ4n) is 1.25. The highest BCUT2D eigenvalue weighted by atomic mass is 35.7. The predicted molar refractivity (Wildman–Crippen MR) is 62.9 cm³/mol. The average molecular weight is 243 g/mol. The molecule has 0 spiro atoms. The van der Waals surface area contributed by atoms with Crippen molar-refractivity contribution in [2.75, 3.05) is 6.61 Å². The van der Waals surface area contributed by atoms with Gasteiger partial charge in [-0.15, -0.1) is 22.2 Å². The van der Waals surface area contributed by atoms with E-state index >= 15 is 0 Å². The van der Waals surface area contributed by atoms with Gasteiger partial charge in [0.05, 0.1) is 0 Å². The Morgan fingerprint density at radius 2 is 1.38 bits per heavy atom. The van der Waals surface area contributed by atoms with Gasteiger partial charge >= 0.3 is 0 Å². The van der Waals surface area contributed by atoms with Gasteiger partial charge in [0.2, 0.25) is 6.69 Å². The van der Waals surface area contributed by atoms with Crippen LogP contribution in [-0.4, -0.2) is 18.4 Å². The van der Waals surface area contributed by atoms with Crippen LogP contribution in [0.1, 0.15) is 38.5 Å². The van der Waals surface area contributed by atoms with Crippen molar-refractivity contribution in [3.8, 4) is 0 Å². The van der Waals surface area contributed by atoms with Crippen molar-refractivity contribution < 1.29 is 5.11 Å². The highest BCUT2D eigenvalue weighted by Crippen LogP contribution is 2.23. The van der Waals surface area contributed by atoms with Gasteiger partial charge in [0.1, 0.15) is 0 Å². The maximum Gasteiger partial charge on any atom is 0.248 e. The topological polar surface area (TPSA) is 20.2 Å².